The van der Waals surface area contributed by atoms with Gasteiger partial charge in [0.15, 0.2) is 0 Å². The lowest BCUT2D eigenvalue weighted by molar-refractivity contribution is -0.0615. The van der Waals surface area contributed by atoms with Gasteiger partial charge in [0.1, 0.15) is 11.4 Å². The molecule has 0 aliphatic carbocycles. The Bertz CT molecular complexity index is 600. The molecule has 130 valence electrons. The van der Waals surface area contributed by atoms with Crippen molar-refractivity contribution in [2.24, 2.45) is 10.9 Å². The van der Waals surface area contributed by atoms with Gasteiger partial charge < -0.3 is 15.5 Å². The number of nitrogens with zero attached hydrogens (tertiary/aromatic N) is 2. The highest BCUT2D eigenvalue weighted by Gasteiger charge is 2.42. The Kier molecular flexibility index (Phi) is 5.19. The molecule has 0 bridgehead atoms. The molecule has 3 rings (SSSR count). The van der Waals surface area contributed by atoms with Crippen molar-refractivity contribution in [3.8, 4) is 0 Å². The SMILES string of the molecule is CCCCCN1CCC2(CC1)CC(c1ccc(C(=N)N)cc1)=NO2. The number of rotatable bonds is 6. The Balaban J connectivity index is 1.54. The summed E-state index contributed by atoms with van der Waals surface area (Å²) < 4.78 is 0. The first-order valence-corrected chi connectivity index (χ1v) is 9.04. The average Bonchev–Trinajstić information content (AvgIpc) is 3.01. The number of nitrogens with two attached hydrogens (primary N) is 1. The topological polar surface area (TPSA) is 74.7 Å². The molecule has 3 N–H and O–H groups in total. The molecule has 0 saturated carbocycles. The molecule has 2 aliphatic rings. The standard InChI is InChI=1S/C19H28N4O/c1-2-3-4-11-23-12-9-19(10-13-23)14-17(22-24-19)15-5-7-16(8-6-15)18(20)21/h5-8H,2-4,9-14H2,1H3,(H3,20,21). The van der Waals surface area contributed by atoms with Gasteiger partial charge in [0.2, 0.25) is 0 Å². The number of oxime groups is 1. The maximum atomic E-state index is 7.47. The minimum Gasteiger partial charge on any atom is -0.388 e. The van der Waals surface area contributed by atoms with E-state index < -0.39 is 0 Å². The monoisotopic (exact) mass is 328 g/mol. The summed E-state index contributed by atoms with van der Waals surface area (Å²) in [5.41, 5.74) is 8.24. The average molecular weight is 328 g/mol. The number of hydrogen-bond donors (Lipinski definition) is 2. The summed E-state index contributed by atoms with van der Waals surface area (Å²) in [6.45, 7) is 5.68. The molecular weight excluding hydrogens is 300 g/mol. The molecule has 1 saturated heterocycles. The van der Waals surface area contributed by atoms with Crippen LogP contribution in [-0.4, -0.2) is 41.7 Å². The van der Waals surface area contributed by atoms with E-state index in [0.29, 0.717) is 0 Å². The zero-order valence-electron chi connectivity index (χ0n) is 14.6. The van der Waals surface area contributed by atoms with E-state index in [2.05, 4.69) is 17.0 Å². The minimum atomic E-state index is -0.101. The smallest absolute Gasteiger partial charge is 0.145 e. The molecule has 2 aliphatic heterocycles. The van der Waals surface area contributed by atoms with Crippen LogP contribution in [0.15, 0.2) is 29.4 Å². The van der Waals surface area contributed by atoms with E-state index in [0.717, 1.165) is 49.2 Å². The predicted molar refractivity (Wildman–Crippen MR) is 97.6 cm³/mol. The van der Waals surface area contributed by atoms with E-state index in [1.807, 2.05) is 24.3 Å². The molecule has 0 unspecified atom stereocenters. The van der Waals surface area contributed by atoms with Crippen molar-refractivity contribution in [3.63, 3.8) is 0 Å². The molecule has 0 aromatic heterocycles. The van der Waals surface area contributed by atoms with Crippen LogP contribution in [0.5, 0.6) is 0 Å². The first-order valence-electron chi connectivity index (χ1n) is 9.04. The van der Waals surface area contributed by atoms with Crippen molar-refractivity contribution in [2.45, 2.75) is 51.0 Å². The summed E-state index contributed by atoms with van der Waals surface area (Å²) in [7, 11) is 0. The van der Waals surface area contributed by atoms with Crippen molar-refractivity contribution in [1.29, 1.82) is 5.41 Å². The fourth-order valence-electron chi connectivity index (χ4n) is 3.56. The zero-order valence-corrected chi connectivity index (χ0v) is 14.6. The Morgan fingerprint density at radius 3 is 2.58 bits per heavy atom. The molecule has 24 heavy (non-hydrogen) atoms. The summed E-state index contributed by atoms with van der Waals surface area (Å²) in [6, 6.07) is 7.72. The second kappa shape index (κ2) is 7.34. The molecule has 0 radical (unpaired) electrons. The number of unbranched alkanes of at least 4 members (excludes halogenated alkanes) is 2. The number of nitrogen functional groups attached to an aromatic ring is 1. The zero-order chi connectivity index (χ0) is 17.0. The van der Waals surface area contributed by atoms with Gasteiger partial charge in [-0.1, -0.05) is 49.2 Å². The van der Waals surface area contributed by atoms with Gasteiger partial charge in [0, 0.05) is 37.9 Å². The number of hydrogen-bond acceptors (Lipinski definition) is 4. The second-order valence-corrected chi connectivity index (χ2v) is 7.03. The van der Waals surface area contributed by atoms with Crippen molar-refractivity contribution in [2.75, 3.05) is 19.6 Å². The van der Waals surface area contributed by atoms with Gasteiger partial charge >= 0.3 is 0 Å². The number of benzene rings is 1. The first kappa shape index (κ1) is 17.0. The maximum absolute atomic E-state index is 7.47. The molecular formula is C19H28N4O. The Hall–Kier alpha value is -1.88. The van der Waals surface area contributed by atoms with Crippen molar-refractivity contribution in [1.82, 2.24) is 4.90 Å². The van der Waals surface area contributed by atoms with Gasteiger partial charge in [0.25, 0.3) is 0 Å². The largest absolute Gasteiger partial charge is 0.388 e. The van der Waals surface area contributed by atoms with E-state index >= 15 is 0 Å². The van der Waals surface area contributed by atoms with Crippen LogP contribution < -0.4 is 5.73 Å². The lowest BCUT2D eigenvalue weighted by Crippen LogP contribution is -2.44. The van der Waals surface area contributed by atoms with Crippen LogP contribution in [-0.2, 0) is 4.84 Å². The molecule has 1 aromatic rings. The third-order valence-corrected chi connectivity index (χ3v) is 5.21. The Morgan fingerprint density at radius 1 is 1.25 bits per heavy atom. The van der Waals surface area contributed by atoms with E-state index in [4.69, 9.17) is 16.0 Å². The molecule has 0 atom stereocenters. The predicted octanol–water partition coefficient (Wildman–Crippen LogP) is 3.12. The summed E-state index contributed by atoms with van der Waals surface area (Å²) in [6.07, 6.45) is 6.89. The minimum absolute atomic E-state index is 0.0954. The van der Waals surface area contributed by atoms with Gasteiger partial charge in [-0.15, -0.1) is 0 Å². The van der Waals surface area contributed by atoms with Crippen LogP contribution in [0, 0.1) is 5.41 Å². The van der Waals surface area contributed by atoms with Crippen LogP contribution in [0.2, 0.25) is 0 Å². The highest BCUT2D eigenvalue weighted by molar-refractivity contribution is 6.03. The third kappa shape index (κ3) is 3.78. The molecule has 1 spiro atoms. The fourth-order valence-corrected chi connectivity index (χ4v) is 3.56. The van der Waals surface area contributed by atoms with Gasteiger partial charge in [-0.05, 0) is 18.5 Å². The second-order valence-electron chi connectivity index (χ2n) is 7.03. The summed E-state index contributed by atoms with van der Waals surface area (Å²) in [5, 5.41) is 11.8. The molecule has 0 amide bonds. The Morgan fingerprint density at radius 2 is 1.96 bits per heavy atom. The van der Waals surface area contributed by atoms with Crippen LogP contribution in [0.4, 0.5) is 0 Å². The van der Waals surface area contributed by atoms with Gasteiger partial charge in [-0.3, -0.25) is 5.41 Å². The fraction of sp³-hybridized carbons (Fsp3) is 0.579. The van der Waals surface area contributed by atoms with Crippen LogP contribution in [0.25, 0.3) is 0 Å². The summed E-state index contributed by atoms with van der Waals surface area (Å²) in [5.74, 6) is 0.0954. The van der Waals surface area contributed by atoms with Gasteiger partial charge in [-0.25, -0.2) is 0 Å². The van der Waals surface area contributed by atoms with Crippen molar-refractivity contribution in [3.05, 3.63) is 35.4 Å². The highest BCUT2D eigenvalue weighted by Crippen LogP contribution is 2.36. The lowest BCUT2D eigenvalue weighted by Gasteiger charge is -2.37. The van der Waals surface area contributed by atoms with Gasteiger partial charge in [-0.2, -0.15) is 0 Å². The van der Waals surface area contributed by atoms with Gasteiger partial charge in [0.05, 0.1) is 5.71 Å². The molecule has 1 fully saturated rings. The number of piperidine rings is 1. The summed E-state index contributed by atoms with van der Waals surface area (Å²) >= 11 is 0. The van der Waals surface area contributed by atoms with Crippen molar-refractivity contribution >= 4 is 11.5 Å². The lowest BCUT2D eigenvalue weighted by atomic mass is 9.85. The Labute approximate surface area is 144 Å². The molecule has 2 heterocycles. The third-order valence-electron chi connectivity index (χ3n) is 5.21. The summed E-state index contributed by atoms with van der Waals surface area (Å²) in [4.78, 5) is 8.45. The highest BCUT2D eigenvalue weighted by atomic mass is 16.7. The van der Waals surface area contributed by atoms with E-state index in [-0.39, 0.29) is 11.4 Å². The van der Waals surface area contributed by atoms with E-state index in [1.165, 1.54) is 25.8 Å². The number of nitrogens with one attached hydrogen (secondary N) is 1. The van der Waals surface area contributed by atoms with Crippen LogP contribution >= 0.6 is 0 Å². The van der Waals surface area contributed by atoms with Crippen LogP contribution in [0.3, 0.4) is 0 Å². The maximum Gasteiger partial charge on any atom is 0.145 e. The molecule has 5 nitrogen and oxygen atoms in total. The molecule has 1 aromatic carbocycles. The molecule has 5 heteroatoms. The van der Waals surface area contributed by atoms with Crippen molar-refractivity contribution < 1.29 is 4.84 Å². The van der Waals surface area contributed by atoms with E-state index in [9.17, 15) is 0 Å². The van der Waals surface area contributed by atoms with Crippen LogP contribution in [0.1, 0.15) is 56.6 Å². The first-order chi connectivity index (χ1) is 11.6. The quantitative estimate of drug-likeness (QED) is 0.478. The van der Waals surface area contributed by atoms with E-state index in [1.54, 1.807) is 0 Å². The normalized spacial score (nSPS) is 20.0. The number of likely N-dealkylation sites (tertiary alicyclic amines) is 1. The number of amidine groups is 1.